The topological polar surface area (TPSA) is 50.4 Å². The maximum absolute atomic E-state index is 6.06. The summed E-state index contributed by atoms with van der Waals surface area (Å²) in [5.41, 5.74) is 7.36. The van der Waals surface area contributed by atoms with Crippen LogP contribution in [0.2, 0.25) is 5.02 Å². The minimum Gasteiger partial charge on any atom is -0.398 e. The van der Waals surface area contributed by atoms with Crippen molar-refractivity contribution in [2.75, 3.05) is 18.8 Å². The first-order valence-corrected chi connectivity index (χ1v) is 4.95. The number of amidine groups is 1. The van der Waals surface area contributed by atoms with Crippen LogP contribution in [0.3, 0.4) is 0 Å². The fourth-order valence-electron chi connectivity index (χ4n) is 1.48. The van der Waals surface area contributed by atoms with E-state index in [2.05, 4.69) is 10.3 Å². The van der Waals surface area contributed by atoms with Gasteiger partial charge < -0.3 is 11.1 Å². The summed E-state index contributed by atoms with van der Waals surface area (Å²) in [5, 5.41) is 3.84. The van der Waals surface area contributed by atoms with E-state index in [-0.39, 0.29) is 12.4 Å². The summed E-state index contributed by atoms with van der Waals surface area (Å²) in [6.07, 6.45) is 0.740. The zero-order valence-corrected chi connectivity index (χ0v) is 9.74. The number of aliphatic imine (C=N–C) groups is 1. The number of hydrogen-bond acceptors (Lipinski definition) is 3. The van der Waals surface area contributed by atoms with Crippen molar-refractivity contribution in [3.8, 4) is 0 Å². The van der Waals surface area contributed by atoms with Crippen LogP contribution in [-0.4, -0.2) is 18.9 Å². The Morgan fingerprint density at radius 3 is 2.93 bits per heavy atom. The molecule has 0 bridgehead atoms. The molecule has 3 N–H and O–H groups in total. The predicted octanol–water partition coefficient (Wildman–Crippen LogP) is 1.89. The largest absolute Gasteiger partial charge is 0.398 e. The second-order valence-electron chi connectivity index (χ2n) is 3.25. The van der Waals surface area contributed by atoms with Crippen molar-refractivity contribution < 1.29 is 0 Å². The zero-order valence-electron chi connectivity index (χ0n) is 8.16. The summed E-state index contributed by atoms with van der Waals surface area (Å²) in [7, 11) is 0. The summed E-state index contributed by atoms with van der Waals surface area (Å²) in [5.74, 6) is 0.998. The van der Waals surface area contributed by atoms with Gasteiger partial charge in [0.05, 0.1) is 17.3 Å². The standard InChI is InChI=1S/C10H12ClN3.ClH/c11-10-7(2-1-3-8(10)12)6-9-13-4-5-14-9;/h1-3H,4-6,12H2,(H,13,14);1H. The quantitative estimate of drug-likeness (QED) is 0.783. The van der Waals surface area contributed by atoms with Gasteiger partial charge in [0, 0.05) is 13.0 Å². The van der Waals surface area contributed by atoms with E-state index in [1.807, 2.05) is 12.1 Å². The van der Waals surface area contributed by atoms with Gasteiger partial charge in [-0.15, -0.1) is 12.4 Å². The van der Waals surface area contributed by atoms with E-state index in [1.54, 1.807) is 6.07 Å². The molecule has 0 aromatic heterocycles. The monoisotopic (exact) mass is 245 g/mol. The van der Waals surface area contributed by atoms with E-state index in [1.165, 1.54) is 0 Å². The minimum atomic E-state index is 0. The molecule has 0 saturated heterocycles. The number of nitrogens with one attached hydrogen (secondary N) is 1. The highest BCUT2D eigenvalue weighted by molar-refractivity contribution is 6.34. The lowest BCUT2D eigenvalue weighted by atomic mass is 10.1. The molecule has 1 aliphatic heterocycles. The van der Waals surface area contributed by atoms with Gasteiger partial charge in [-0.2, -0.15) is 0 Å². The summed E-state index contributed by atoms with van der Waals surface area (Å²) in [4.78, 5) is 4.31. The first-order chi connectivity index (χ1) is 6.77. The van der Waals surface area contributed by atoms with Crippen molar-refractivity contribution >= 4 is 35.5 Å². The van der Waals surface area contributed by atoms with E-state index in [0.29, 0.717) is 10.7 Å². The summed E-state index contributed by atoms with van der Waals surface area (Å²) >= 11 is 6.06. The fourth-order valence-corrected chi connectivity index (χ4v) is 1.67. The number of halogens is 2. The Morgan fingerprint density at radius 1 is 1.47 bits per heavy atom. The lowest BCUT2D eigenvalue weighted by molar-refractivity contribution is 0.953. The molecule has 0 amide bonds. The SMILES string of the molecule is Cl.Nc1cccc(CC2=NCCN2)c1Cl. The van der Waals surface area contributed by atoms with E-state index in [0.717, 1.165) is 30.9 Å². The average molecular weight is 246 g/mol. The van der Waals surface area contributed by atoms with E-state index >= 15 is 0 Å². The Hall–Kier alpha value is -0.930. The van der Waals surface area contributed by atoms with Crippen molar-refractivity contribution in [1.29, 1.82) is 0 Å². The van der Waals surface area contributed by atoms with Gasteiger partial charge in [0.15, 0.2) is 0 Å². The molecule has 5 heteroatoms. The van der Waals surface area contributed by atoms with Gasteiger partial charge in [-0.3, -0.25) is 4.99 Å². The molecule has 15 heavy (non-hydrogen) atoms. The number of nitrogens with zero attached hydrogens (tertiary/aromatic N) is 1. The van der Waals surface area contributed by atoms with Crippen molar-refractivity contribution in [2.24, 2.45) is 4.99 Å². The van der Waals surface area contributed by atoms with E-state index in [4.69, 9.17) is 17.3 Å². The molecule has 1 heterocycles. The molecule has 0 atom stereocenters. The zero-order chi connectivity index (χ0) is 9.97. The molecule has 0 saturated carbocycles. The molecule has 1 aromatic carbocycles. The predicted molar refractivity (Wildman–Crippen MR) is 67.1 cm³/mol. The van der Waals surface area contributed by atoms with Crippen molar-refractivity contribution in [3.63, 3.8) is 0 Å². The van der Waals surface area contributed by atoms with Gasteiger partial charge >= 0.3 is 0 Å². The van der Waals surface area contributed by atoms with E-state index < -0.39 is 0 Å². The molecular weight excluding hydrogens is 233 g/mol. The Bertz CT molecular complexity index is 377. The Kier molecular flexibility index (Phi) is 4.24. The van der Waals surface area contributed by atoms with Gasteiger partial charge in [0.25, 0.3) is 0 Å². The maximum Gasteiger partial charge on any atom is 0.101 e. The van der Waals surface area contributed by atoms with Crippen LogP contribution in [0.1, 0.15) is 5.56 Å². The maximum atomic E-state index is 6.06. The van der Waals surface area contributed by atoms with Crippen LogP contribution in [0.15, 0.2) is 23.2 Å². The van der Waals surface area contributed by atoms with Crippen LogP contribution >= 0.6 is 24.0 Å². The summed E-state index contributed by atoms with van der Waals surface area (Å²) in [6, 6.07) is 5.68. The highest BCUT2D eigenvalue weighted by Crippen LogP contribution is 2.23. The van der Waals surface area contributed by atoms with Gasteiger partial charge in [-0.05, 0) is 11.6 Å². The smallest absolute Gasteiger partial charge is 0.101 e. The number of nitrogen functional groups attached to an aromatic ring is 1. The summed E-state index contributed by atoms with van der Waals surface area (Å²) in [6.45, 7) is 1.78. The lowest BCUT2D eigenvalue weighted by Crippen LogP contribution is -2.20. The molecule has 1 aliphatic rings. The normalized spacial score (nSPS) is 14.1. The molecule has 0 radical (unpaired) electrons. The molecule has 0 fully saturated rings. The van der Waals surface area contributed by atoms with Crippen LogP contribution in [0.5, 0.6) is 0 Å². The van der Waals surface area contributed by atoms with Gasteiger partial charge in [0.2, 0.25) is 0 Å². The lowest BCUT2D eigenvalue weighted by Gasteiger charge is -2.06. The van der Waals surface area contributed by atoms with Crippen LogP contribution < -0.4 is 11.1 Å². The third-order valence-corrected chi connectivity index (χ3v) is 2.67. The van der Waals surface area contributed by atoms with Gasteiger partial charge in [-0.25, -0.2) is 0 Å². The average Bonchev–Trinajstić information content (AvgIpc) is 2.66. The van der Waals surface area contributed by atoms with Crippen LogP contribution in [0, 0.1) is 0 Å². The van der Waals surface area contributed by atoms with Crippen molar-refractivity contribution in [2.45, 2.75) is 6.42 Å². The number of rotatable bonds is 2. The van der Waals surface area contributed by atoms with Crippen molar-refractivity contribution in [1.82, 2.24) is 5.32 Å². The minimum absolute atomic E-state index is 0. The van der Waals surface area contributed by atoms with Crippen LogP contribution in [-0.2, 0) is 6.42 Å². The molecular formula is C10H13Cl2N3. The molecule has 1 aromatic rings. The van der Waals surface area contributed by atoms with Gasteiger partial charge in [0.1, 0.15) is 5.84 Å². The Balaban J connectivity index is 0.00000112. The Labute approximate surface area is 100 Å². The highest BCUT2D eigenvalue weighted by atomic mass is 35.5. The first kappa shape index (κ1) is 12.1. The highest BCUT2D eigenvalue weighted by Gasteiger charge is 2.09. The second-order valence-corrected chi connectivity index (χ2v) is 3.63. The van der Waals surface area contributed by atoms with Crippen molar-refractivity contribution in [3.05, 3.63) is 28.8 Å². The van der Waals surface area contributed by atoms with Crippen LogP contribution in [0.4, 0.5) is 5.69 Å². The number of hydrogen-bond donors (Lipinski definition) is 2. The molecule has 0 spiro atoms. The molecule has 82 valence electrons. The third-order valence-electron chi connectivity index (χ3n) is 2.21. The molecule has 2 rings (SSSR count). The van der Waals surface area contributed by atoms with Gasteiger partial charge in [-0.1, -0.05) is 23.7 Å². The second kappa shape index (κ2) is 5.24. The molecule has 0 unspecified atom stereocenters. The fraction of sp³-hybridized carbons (Fsp3) is 0.300. The summed E-state index contributed by atoms with van der Waals surface area (Å²) < 4.78 is 0. The third kappa shape index (κ3) is 2.76. The number of nitrogens with two attached hydrogens (primary N) is 1. The molecule has 0 aliphatic carbocycles. The Morgan fingerprint density at radius 2 is 2.27 bits per heavy atom. The first-order valence-electron chi connectivity index (χ1n) is 4.57. The van der Waals surface area contributed by atoms with Crippen LogP contribution in [0.25, 0.3) is 0 Å². The molecule has 3 nitrogen and oxygen atoms in total. The van der Waals surface area contributed by atoms with E-state index in [9.17, 15) is 0 Å². The number of benzene rings is 1. The number of anilines is 1.